The predicted octanol–water partition coefficient (Wildman–Crippen LogP) is 1.67. The van der Waals surface area contributed by atoms with E-state index in [1.807, 2.05) is 30.3 Å². The van der Waals surface area contributed by atoms with Gasteiger partial charge >= 0.3 is 7.82 Å². The number of rotatable bonds is 7. The topological polar surface area (TPSA) is 91.8 Å². The highest BCUT2D eigenvalue weighted by atomic mass is 32.3. The van der Waals surface area contributed by atoms with Crippen molar-refractivity contribution in [2.75, 3.05) is 24.7 Å². The van der Waals surface area contributed by atoms with Gasteiger partial charge in [-0.25, -0.2) is 8.54 Å². The lowest BCUT2D eigenvalue weighted by Crippen LogP contribution is -2.19. The molecule has 1 aromatic carbocycles. The van der Waals surface area contributed by atoms with Crippen molar-refractivity contribution < 1.29 is 27.8 Å². The van der Waals surface area contributed by atoms with Gasteiger partial charge in [-0.05, 0) is 12.1 Å². The number of epoxide rings is 2. The Morgan fingerprint density at radius 3 is 2.05 bits per heavy atom. The average Bonchev–Trinajstić information content (AvgIpc) is 3.25. The fraction of sp³-hybridized carbons (Fsp3) is 0.500. The van der Waals surface area contributed by atoms with Crippen LogP contribution in [-0.4, -0.2) is 46.7 Å². The van der Waals surface area contributed by atoms with Crippen LogP contribution in [0.1, 0.15) is 0 Å². The fourth-order valence-electron chi connectivity index (χ4n) is 2.15. The molecule has 0 radical (unpaired) electrons. The summed E-state index contributed by atoms with van der Waals surface area (Å²) in [6.45, 7) is 1.25. The first kappa shape index (κ1) is 14.5. The van der Waals surface area contributed by atoms with Crippen molar-refractivity contribution in [2.45, 2.75) is 17.1 Å². The standard InChI is InChI=1S/C12H17O6PS/c13-19(14,15)18-20(8-10-6-16-10,9-11-7-17-11)12-4-2-1-3-5-12/h1-5,10-11H,6-9H2,(H2,13,14,15). The van der Waals surface area contributed by atoms with E-state index in [0.717, 1.165) is 4.90 Å². The second-order valence-corrected chi connectivity index (χ2v) is 9.27. The quantitative estimate of drug-likeness (QED) is 0.586. The van der Waals surface area contributed by atoms with Crippen LogP contribution in [0.4, 0.5) is 0 Å². The van der Waals surface area contributed by atoms with E-state index >= 15 is 0 Å². The maximum atomic E-state index is 11.4. The lowest BCUT2D eigenvalue weighted by Gasteiger charge is -2.38. The highest BCUT2D eigenvalue weighted by molar-refractivity contribution is 8.31. The van der Waals surface area contributed by atoms with Gasteiger partial charge in [-0.2, -0.15) is 0 Å². The molecule has 0 bridgehead atoms. The fourth-order valence-corrected chi connectivity index (χ4v) is 7.23. The number of benzene rings is 1. The molecular weight excluding hydrogens is 303 g/mol. The molecule has 2 aliphatic heterocycles. The summed E-state index contributed by atoms with van der Waals surface area (Å²) >= 11 is 0. The molecular formula is C12H17O6PS. The molecule has 8 heteroatoms. The van der Waals surface area contributed by atoms with E-state index in [1.54, 1.807) is 0 Å². The molecule has 0 amide bonds. The number of hydrogen-bond donors (Lipinski definition) is 2. The molecule has 2 aliphatic rings. The summed E-state index contributed by atoms with van der Waals surface area (Å²) in [6, 6.07) is 9.28. The van der Waals surface area contributed by atoms with Crippen LogP contribution >= 0.6 is 18.1 Å². The van der Waals surface area contributed by atoms with Crippen LogP contribution < -0.4 is 0 Å². The van der Waals surface area contributed by atoms with Crippen molar-refractivity contribution in [1.82, 2.24) is 0 Å². The molecule has 0 aliphatic carbocycles. The van der Waals surface area contributed by atoms with Gasteiger partial charge in [0.05, 0.1) is 25.4 Å². The minimum absolute atomic E-state index is 0.0236. The second-order valence-electron chi connectivity index (χ2n) is 4.93. The molecule has 112 valence electrons. The van der Waals surface area contributed by atoms with Crippen LogP contribution in [0, 0.1) is 0 Å². The van der Waals surface area contributed by atoms with Crippen molar-refractivity contribution in [3.05, 3.63) is 30.3 Å². The Balaban J connectivity index is 1.94. The highest BCUT2D eigenvalue weighted by Gasteiger charge is 2.44. The van der Waals surface area contributed by atoms with Gasteiger partial charge in [0.1, 0.15) is 0 Å². The molecule has 20 heavy (non-hydrogen) atoms. The number of hydrogen-bond acceptors (Lipinski definition) is 4. The molecule has 2 N–H and O–H groups in total. The van der Waals surface area contributed by atoms with Crippen LogP contribution in [0.2, 0.25) is 0 Å². The summed E-state index contributed by atoms with van der Waals surface area (Å²) in [5.41, 5.74) is 0. The lowest BCUT2D eigenvalue weighted by molar-refractivity contribution is 0.292. The first-order valence-corrected chi connectivity index (χ1v) is 9.73. The van der Waals surface area contributed by atoms with Crippen LogP contribution in [0.15, 0.2) is 35.2 Å². The maximum Gasteiger partial charge on any atom is 0.479 e. The van der Waals surface area contributed by atoms with Gasteiger partial charge in [-0.1, -0.05) is 28.5 Å². The van der Waals surface area contributed by atoms with Crippen molar-refractivity contribution in [3.8, 4) is 0 Å². The van der Waals surface area contributed by atoms with Crippen molar-refractivity contribution in [2.24, 2.45) is 0 Å². The summed E-state index contributed by atoms with van der Waals surface area (Å²) in [4.78, 5) is 19.4. The van der Waals surface area contributed by atoms with Crippen LogP contribution in [0.3, 0.4) is 0 Å². The summed E-state index contributed by atoms with van der Waals surface area (Å²) in [6.07, 6.45) is 0.0472. The SMILES string of the molecule is O=P(O)(O)OS(CC1CO1)(CC1CO1)c1ccccc1. The molecule has 0 aromatic heterocycles. The third-order valence-corrected chi connectivity index (χ3v) is 8.00. The van der Waals surface area contributed by atoms with E-state index in [0.29, 0.717) is 24.7 Å². The molecule has 2 saturated heterocycles. The molecule has 2 unspecified atom stereocenters. The minimum atomic E-state index is -4.58. The summed E-state index contributed by atoms with van der Waals surface area (Å²) < 4.78 is 27.2. The Morgan fingerprint density at radius 1 is 1.15 bits per heavy atom. The third-order valence-electron chi connectivity index (χ3n) is 3.13. The molecule has 6 nitrogen and oxygen atoms in total. The van der Waals surface area contributed by atoms with E-state index in [4.69, 9.17) is 13.4 Å². The Kier molecular flexibility index (Phi) is 3.94. The zero-order valence-electron chi connectivity index (χ0n) is 10.8. The van der Waals surface area contributed by atoms with Crippen molar-refractivity contribution >= 4 is 18.1 Å². The summed E-state index contributed by atoms with van der Waals surface area (Å²) in [5, 5.41) is 0. The van der Waals surface area contributed by atoms with Gasteiger partial charge in [-0.15, -0.1) is 0 Å². The molecule has 1 aromatic rings. The Bertz CT molecular complexity index is 496. The van der Waals surface area contributed by atoms with Crippen LogP contribution in [-0.2, 0) is 18.0 Å². The molecule has 3 rings (SSSR count). The maximum absolute atomic E-state index is 11.4. The van der Waals surface area contributed by atoms with Gasteiger partial charge in [0.25, 0.3) is 0 Å². The smallest absolute Gasteiger partial charge is 0.372 e. The van der Waals surface area contributed by atoms with Gasteiger partial charge in [0.2, 0.25) is 0 Å². The van der Waals surface area contributed by atoms with Crippen molar-refractivity contribution in [3.63, 3.8) is 0 Å². The average molecular weight is 320 g/mol. The van der Waals surface area contributed by atoms with Crippen molar-refractivity contribution in [1.29, 1.82) is 0 Å². The van der Waals surface area contributed by atoms with E-state index in [1.165, 1.54) is 0 Å². The zero-order chi connectivity index (χ0) is 14.2. The Labute approximate surface area is 118 Å². The zero-order valence-corrected chi connectivity index (χ0v) is 12.5. The molecule has 2 heterocycles. The van der Waals surface area contributed by atoms with Crippen LogP contribution in [0.5, 0.6) is 0 Å². The van der Waals surface area contributed by atoms with Crippen LogP contribution in [0.25, 0.3) is 0 Å². The van der Waals surface area contributed by atoms with E-state index in [9.17, 15) is 14.4 Å². The molecule has 0 saturated carbocycles. The minimum Gasteiger partial charge on any atom is -0.372 e. The largest absolute Gasteiger partial charge is 0.479 e. The first-order chi connectivity index (χ1) is 9.47. The van der Waals surface area contributed by atoms with E-state index in [-0.39, 0.29) is 12.2 Å². The second kappa shape index (κ2) is 5.42. The molecule has 2 atom stereocenters. The van der Waals surface area contributed by atoms with Gasteiger partial charge in [0, 0.05) is 16.4 Å². The third kappa shape index (κ3) is 3.83. The number of ether oxygens (including phenoxy) is 2. The van der Waals surface area contributed by atoms with E-state index < -0.39 is 18.1 Å². The van der Waals surface area contributed by atoms with Gasteiger partial charge in [-0.3, -0.25) is 0 Å². The normalized spacial score (nSPS) is 29.5. The monoisotopic (exact) mass is 320 g/mol. The summed E-state index contributed by atoms with van der Waals surface area (Å²) in [5.74, 6) is 1.00. The first-order valence-electron chi connectivity index (χ1n) is 6.31. The summed E-state index contributed by atoms with van der Waals surface area (Å²) in [7, 11) is -6.70. The Morgan fingerprint density at radius 2 is 1.65 bits per heavy atom. The predicted molar refractivity (Wildman–Crippen MR) is 74.6 cm³/mol. The number of phosphoric acid groups is 1. The molecule has 2 fully saturated rings. The molecule has 0 spiro atoms. The lowest BCUT2D eigenvalue weighted by atomic mass is 10.4. The highest BCUT2D eigenvalue weighted by Crippen LogP contribution is 2.67. The van der Waals surface area contributed by atoms with Gasteiger partial charge < -0.3 is 19.3 Å². The van der Waals surface area contributed by atoms with Gasteiger partial charge in [0.15, 0.2) is 0 Å². The Hall–Kier alpha value is -0.400. The van der Waals surface area contributed by atoms with E-state index in [2.05, 4.69) is 0 Å².